The van der Waals surface area contributed by atoms with Gasteiger partial charge in [0.2, 0.25) is 0 Å². The number of benzene rings is 1. The average Bonchev–Trinajstić information content (AvgIpc) is 3.11. The van der Waals surface area contributed by atoms with Crippen LogP contribution in [0.5, 0.6) is 0 Å². The lowest BCUT2D eigenvalue weighted by Gasteiger charge is -2.18. The second kappa shape index (κ2) is 5.69. The highest BCUT2D eigenvalue weighted by molar-refractivity contribution is 5.76. The van der Waals surface area contributed by atoms with Gasteiger partial charge >= 0.3 is 0 Å². The molecule has 0 aliphatic carbocycles. The molecule has 0 saturated carbocycles. The molecular weight excluding hydrogens is 264 g/mol. The zero-order valence-corrected chi connectivity index (χ0v) is 12.6. The second-order valence-corrected chi connectivity index (χ2v) is 5.52. The number of aromatic nitrogens is 3. The molecule has 0 fully saturated rings. The minimum atomic E-state index is 0.136. The molecule has 1 aromatic carbocycles. The third kappa shape index (κ3) is 2.69. The zero-order chi connectivity index (χ0) is 14.8. The van der Waals surface area contributed by atoms with Crippen molar-refractivity contribution in [2.24, 2.45) is 0 Å². The van der Waals surface area contributed by atoms with Crippen molar-refractivity contribution in [3.05, 3.63) is 48.1 Å². The van der Waals surface area contributed by atoms with Gasteiger partial charge in [-0.15, -0.1) is 0 Å². The van der Waals surface area contributed by atoms with E-state index in [9.17, 15) is 0 Å². The third-order valence-electron chi connectivity index (χ3n) is 3.61. The van der Waals surface area contributed by atoms with Crippen LogP contribution in [0.4, 0.5) is 0 Å². The van der Waals surface area contributed by atoms with Gasteiger partial charge in [-0.3, -0.25) is 0 Å². The Morgan fingerprint density at radius 3 is 2.71 bits per heavy atom. The van der Waals surface area contributed by atoms with E-state index >= 15 is 0 Å². The van der Waals surface area contributed by atoms with E-state index in [-0.39, 0.29) is 6.04 Å². The van der Waals surface area contributed by atoms with E-state index in [1.165, 1.54) is 5.52 Å². The molecule has 1 atom stereocenters. The number of nitrogens with zero attached hydrogens (tertiary/aromatic N) is 3. The Hall–Kier alpha value is -2.14. The average molecular weight is 284 g/mol. The Morgan fingerprint density at radius 1 is 1.19 bits per heavy atom. The SMILES string of the molecule is CC(C)n1c([C@H](C)NCc2ccon2)nc2ccccc21. The number of nitrogens with one attached hydrogen (secondary N) is 1. The van der Waals surface area contributed by atoms with Gasteiger partial charge in [0.25, 0.3) is 0 Å². The molecule has 110 valence electrons. The summed E-state index contributed by atoms with van der Waals surface area (Å²) >= 11 is 0. The Labute approximate surface area is 124 Å². The van der Waals surface area contributed by atoms with Crippen LogP contribution in [0.1, 0.15) is 44.4 Å². The smallest absolute Gasteiger partial charge is 0.127 e. The molecule has 1 N–H and O–H groups in total. The summed E-state index contributed by atoms with van der Waals surface area (Å²) in [6.45, 7) is 7.16. The highest BCUT2D eigenvalue weighted by atomic mass is 16.5. The van der Waals surface area contributed by atoms with Gasteiger partial charge in [0.1, 0.15) is 12.1 Å². The normalized spacial score (nSPS) is 13.1. The Bertz CT molecular complexity index is 715. The van der Waals surface area contributed by atoms with Crippen LogP contribution in [0.15, 0.2) is 41.1 Å². The van der Waals surface area contributed by atoms with Crippen molar-refractivity contribution >= 4 is 11.0 Å². The van der Waals surface area contributed by atoms with Crippen molar-refractivity contribution in [3.8, 4) is 0 Å². The van der Waals surface area contributed by atoms with Crippen molar-refractivity contribution in [2.75, 3.05) is 0 Å². The molecule has 0 spiro atoms. The summed E-state index contributed by atoms with van der Waals surface area (Å²) in [5, 5.41) is 7.37. The maximum Gasteiger partial charge on any atom is 0.127 e. The standard InChI is InChI=1S/C16H20N4O/c1-11(2)20-15-7-5-4-6-14(15)18-16(20)12(3)17-10-13-8-9-21-19-13/h4-9,11-12,17H,10H2,1-3H3/t12-/m0/s1. The molecule has 0 aliphatic heterocycles. The van der Waals surface area contributed by atoms with Crippen LogP contribution < -0.4 is 5.32 Å². The van der Waals surface area contributed by atoms with Gasteiger partial charge < -0.3 is 14.4 Å². The zero-order valence-electron chi connectivity index (χ0n) is 12.6. The number of fused-ring (bicyclic) bond motifs is 1. The summed E-state index contributed by atoms with van der Waals surface area (Å²) in [5.74, 6) is 1.05. The van der Waals surface area contributed by atoms with Crippen LogP contribution in [0, 0.1) is 0 Å². The molecule has 5 heteroatoms. The van der Waals surface area contributed by atoms with Crippen LogP contribution in [-0.4, -0.2) is 14.7 Å². The van der Waals surface area contributed by atoms with Crippen LogP contribution in [0.2, 0.25) is 0 Å². The number of imidazole rings is 1. The molecule has 0 bridgehead atoms. The quantitative estimate of drug-likeness (QED) is 0.779. The summed E-state index contributed by atoms with van der Waals surface area (Å²) in [6, 6.07) is 10.6. The number of hydrogen-bond donors (Lipinski definition) is 1. The molecule has 21 heavy (non-hydrogen) atoms. The fourth-order valence-electron chi connectivity index (χ4n) is 2.59. The lowest BCUT2D eigenvalue weighted by Crippen LogP contribution is -2.22. The van der Waals surface area contributed by atoms with Gasteiger partial charge in [0.15, 0.2) is 0 Å². The molecule has 2 aromatic heterocycles. The van der Waals surface area contributed by atoms with Crippen LogP contribution in [0.25, 0.3) is 11.0 Å². The summed E-state index contributed by atoms with van der Waals surface area (Å²) in [5.41, 5.74) is 3.11. The van der Waals surface area contributed by atoms with Crippen molar-refractivity contribution in [3.63, 3.8) is 0 Å². The highest BCUT2D eigenvalue weighted by Gasteiger charge is 2.18. The molecular formula is C16H20N4O. The van der Waals surface area contributed by atoms with Crippen LogP contribution in [-0.2, 0) is 6.54 Å². The van der Waals surface area contributed by atoms with Gasteiger partial charge in [0.05, 0.1) is 22.8 Å². The minimum absolute atomic E-state index is 0.136. The molecule has 0 unspecified atom stereocenters. The summed E-state index contributed by atoms with van der Waals surface area (Å²) in [4.78, 5) is 4.79. The Morgan fingerprint density at radius 2 is 2.00 bits per heavy atom. The van der Waals surface area contributed by atoms with E-state index in [1.807, 2.05) is 12.1 Å². The van der Waals surface area contributed by atoms with E-state index in [0.717, 1.165) is 17.0 Å². The lowest BCUT2D eigenvalue weighted by molar-refractivity contribution is 0.403. The third-order valence-corrected chi connectivity index (χ3v) is 3.61. The van der Waals surface area contributed by atoms with E-state index in [0.29, 0.717) is 12.6 Å². The molecule has 3 rings (SSSR count). The van der Waals surface area contributed by atoms with Gasteiger partial charge in [-0.1, -0.05) is 17.3 Å². The van der Waals surface area contributed by atoms with Gasteiger partial charge in [-0.05, 0) is 32.9 Å². The van der Waals surface area contributed by atoms with Crippen molar-refractivity contribution < 1.29 is 4.52 Å². The predicted molar refractivity (Wildman–Crippen MR) is 81.9 cm³/mol. The minimum Gasteiger partial charge on any atom is -0.364 e. The highest BCUT2D eigenvalue weighted by Crippen LogP contribution is 2.24. The summed E-state index contributed by atoms with van der Waals surface area (Å²) < 4.78 is 7.14. The van der Waals surface area contributed by atoms with E-state index in [4.69, 9.17) is 9.51 Å². The van der Waals surface area contributed by atoms with E-state index < -0.39 is 0 Å². The van der Waals surface area contributed by atoms with Gasteiger partial charge in [0, 0.05) is 18.7 Å². The fourth-order valence-corrected chi connectivity index (χ4v) is 2.59. The van der Waals surface area contributed by atoms with E-state index in [2.05, 4.69) is 54.0 Å². The van der Waals surface area contributed by atoms with Gasteiger partial charge in [-0.2, -0.15) is 0 Å². The van der Waals surface area contributed by atoms with Crippen LogP contribution in [0.3, 0.4) is 0 Å². The first-order valence-electron chi connectivity index (χ1n) is 7.26. The topological polar surface area (TPSA) is 55.9 Å². The van der Waals surface area contributed by atoms with E-state index in [1.54, 1.807) is 6.26 Å². The second-order valence-electron chi connectivity index (χ2n) is 5.52. The first-order valence-corrected chi connectivity index (χ1v) is 7.26. The molecule has 3 aromatic rings. The first-order chi connectivity index (χ1) is 10.2. The molecule has 0 amide bonds. The number of rotatable bonds is 5. The Balaban J connectivity index is 1.89. The van der Waals surface area contributed by atoms with Gasteiger partial charge in [-0.25, -0.2) is 4.98 Å². The van der Waals surface area contributed by atoms with Crippen molar-refractivity contribution in [1.82, 2.24) is 20.0 Å². The largest absolute Gasteiger partial charge is 0.364 e. The van der Waals surface area contributed by atoms with Crippen LogP contribution >= 0.6 is 0 Å². The van der Waals surface area contributed by atoms with Crippen molar-refractivity contribution in [2.45, 2.75) is 39.4 Å². The molecule has 5 nitrogen and oxygen atoms in total. The predicted octanol–water partition coefficient (Wildman–Crippen LogP) is 3.46. The molecule has 0 saturated heterocycles. The number of para-hydroxylation sites is 2. The lowest BCUT2D eigenvalue weighted by atomic mass is 10.2. The maximum absolute atomic E-state index is 4.85. The maximum atomic E-state index is 4.85. The number of hydrogen-bond acceptors (Lipinski definition) is 4. The Kier molecular flexibility index (Phi) is 3.75. The summed E-state index contributed by atoms with van der Waals surface area (Å²) in [7, 11) is 0. The summed E-state index contributed by atoms with van der Waals surface area (Å²) in [6.07, 6.45) is 1.59. The molecule has 0 radical (unpaired) electrons. The molecule has 2 heterocycles. The van der Waals surface area contributed by atoms with Crippen molar-refractivity contribution in [1.29, 1.82) is 0 Å². The monoisotopic (exact) mass is 284 g/mol. The fraction of sp³-hybridized carbons (Fsp3) is 0.375. The molecule has 0 aliphatic rings. The first kappa shape index (κ1) is 13.8.